The van der Waals surface area contributed by atoms with E-state index < -0.39 is 23.5 Å². The molecule has 1 aliphatic heterocycles. The Balaban J connectivity index is 2.02. The van der Waals surface area contributed by atoms with E-state index >= 15 is 0 Å². The largest absolute Gasteiger partial charge is 0.507 e. The normalized spacial score (nSPS) is 17.9. The van der Waals surface area contributed by atoms with Gasteiger partial charge in [0.15, 0.2) is 0 Å². The van der Waals surface area contributed by atoms with Gasteiger partial charge < -0.3 is 24.6 Å². The number of ether oxygens (including phenoxy) is 2. The number of ketones is 1. The molecule has 1 atom stereocenters. The fraction of sp³-hybridized carbons (Fsp3) is 0.304. The third-order valence-corrected chi connectivity index (χ3v) is 4.88. The van der Waals surface area contributed by atoms with Crippen LogP contribution in [0.4, 0.5) is 4.39 Å². The SMILES string of the molecule is CCOc1ccc(/C(O)=C2\C(=O)C(=O)N(CCOCCO)[C@H]2c2ccc(F)cc2)cc1. The zero-order valence-corrected chi connectivity index (χ0v) is 17.1. The molecule has 31 heavy (non-hydrogen) atoms. The zero-order chi connectivity index (χ0) is 22.4. The number of Topliss-reactive ketones (excluding diaryl/α,β-unsaturated/α-hetero) is 1. The molecule has 0 bridgehead atoms. The molecule has 1 amide bonds. The van der Waals surface area contributed by atoms with Crippen LogP contribution < -0.4 is 4.74 Å². The Hall–Kier alpha value is -3.23. The first kappa shape index (κ1) is 22.5. The number of aliphatic hydroxyl groups excluding tert-OH is 2. The maximum absolute atomic E-state index is 13.5. The van der Waals surface area contributed by atoms with Crippen molar-refractivity contribution in [2.45, 2.75) is 13.0 Å². The van der Waals surface area contributed by atoms with Crippen molar-refractivity contribution in [3.63, 3.8) is 0 Å². The van der Waals surface area contributed by atoms with Crippen LogP contribution in [-0.2, 0) is 14.3 Å². The minimum atomic E-state index is -0.898. The summed E-state index contributed by atoms with van der Waals surface area (Å²) in [6.45, 7) is 2.41. The van der Waals surface area contributed by atoms with Gasteiger partial charge in [-0.05, 0) is 48.9 Å². The van der Waals surface area contributed by atoms with Crippen molar-refractivity contribution < 1.29 is 33.7 Å². The first-order chi connectivity index (χ1) is 15.0. The van der Waals surface area contributed by atoms with Gasteiger partial charge >= 0.3 is 0 Å². The molecule has 164 valence electrons. The number of hydrogen-bond acceptors (Lipinski definition) is 6. The molecule has 1 fully saturated rings. The van der Waals surface area contributed by atoms with E-state index in [9.17, 15) is 19.1 Å². The highest BCUT2D eigenvalue weighted by molar-refractivity contribution is 6.46. The highest BCUT2D eigenvalue weighted by Crippen LogP contribution is 2.39. The van der Waals surface area contributed by atoms with Gasteiger partial charge in [-0.15, -0.1) is 0 Å². The van der Waals surface area contributed by atoms with Crippen LogP contribution in [0.15, 0.2) is 54.1 Å². The van der Waals surface area contributed by atoms with Gasteiger partial charge in [-0.1, -0.05) is 12.1 Å². The Morgan fingerprint density at radius 3 is 2.35 bits per heavy atom. The molecular formula is C23H24FNO6. The monoisotopic (exact) mass is 429 g/mol. The van der Waals surface area contributed by atoms with E-state index in [2.05, 4.69) is 0 Å². The van der Waals surface area contributed by atoms with Crippen LogP contribution in [0.2, 0.25) is 0 Å². The molecule has 1 aliphatic rings. The third-order valence-electron chi connectivity index (χ3n) is 4.88. The summed E-state index contributed by atoms with van der Waals surface area (Å²) >= 11 is 0. The Bertz CT molecular complexity index is 955. The van der Waals surface area contributed by atoms with Crippen LogP contribution in [0.25, 0.3) is 5.76 Å². The Kier molecular flexibility index (Phi) is 7.38. The molecule has 0 unspecified atom stereocenters. The average Bonchev–Trinajstić information content (AvgIpc) is 3.02. The molecule has 2 aromatic rings. The van der Waals surface area contributed by atoms with E-state index in [-0.39, 0.29) is 37.7 Å². The molecule has 2 aromatic carbocycles. The van der Waals surface area contributed by atoms with Crippen molar-refractivity contribution in [3.8, 4) is 5.75 Å². The second-order valence-corrected chi connectivity index (χ2v) is 6.84. The Labute approximate surface area is 179 Å². The molecule has 7 nitrogen and oxygen atoms in total. The van der Waals surface area contributed by atoms with Crippen LogP contribution >= 0.6 is 0 Å². The minimum absolute atomic E-state index is 0.0622. The molecule has 0 saturated carbocycles. The molecule has 0 spiro atoms. The van der Waals surface area contributed by atoms with Crippen molar-refractivity contribution in [1.82, 2.24) is 4.90 Å². The van der Waals surface area contributed by atoms with E-state index in [1.807, 2.05) is 6.92 Å². The van der Waals surface area contributed by atoms with Gasteiger partial charge in [-0.3, -0.25) is 9.59 Å². The summed E-state index contributed by atoms with van der Waals surface area (Å²) in [6, 6.07) is 11.0. The molecule has 0 radical (unpaired) electrons. The summed E-state index contributed by atoms with van der Waals surface area (Å²) < 4.78 is 24.1. The molecular weight excluding hydrogens is 405 g/mol. The number of likely N-dealkylation sites (tertiary alicyclic amines) is 1. The van der Waals surface area contributed by atoms with Crippen LogP contribution in [0.1, 0.15) is 24.1 Å². The van der Waals surface area contributed by atoms with Gasteiger partial charge in [0.05, 0.1) is 38.0 Å². The zero-order valence-electron chi connectivity index (χ0n) is 17.1. The predicted molar refractivity (Wildman–Crippen MR) is 111 cm³/mol. The average molecular weight is 429 g/mol. The lowest BCUT2D eigenvalue weighted by Gasteiger charge is -2.25. The summed E-state index contributed by atoms with van der Waals surface area (Å²) in [5, 5.41) is 19.8. The highest BCUT2D eigenvalue weighted by atomic mass is 19.1. The van der Waals surface area contributed by atoms with E-state index in [1.54, 1.807) is 24.3 Å². The number of benzene rings is 2. The maximum Gasteiger partial charge on any atom is 0.295 e. The summed E-state index contributed by atoms with van der Waals surface area (Å²) in [7, 11) is 0. The third kappa shape index (κ3) is 4.92. The van der Waals surface area contributed by atoms with Crippen molar-refractivity contribution >= 4 is 17.4 Å². The number of amides is 1. The quantitative estimate of drug-likeness (QED) is 0.275. The van der Waals surface area contributed by atoms with Gasteiger partial charge in [0, 0.05) is 12.1 Å². The number of nitrogens with zero attached hydrogens (tertiary/aromatic N) is 1. The van der Waals surface area contributed by atoms with E-state index in [1.165, 1.54) is 29.2 Å². The van der Waals surface area contributed by atoms with E-state index in [4.69, 9.17) is 14.6 Å². The number of halogens is 1. The second kappa shape index (κ2) is 10.2. The molecule has 1 saturated heterocycles. The fourth-order valence-electron chi connectivity index (χ4n) is 3.46. The molecule has 0 aromatic heterocycles. The first-order valence-electron chi connectivity index (χ1n) is 9.93. The Morgan fingerprint density at radius 1 is 1.06 bits per heavy atom. The van der Waals surface area contributed by atoms with Gasteiger partial charge in [0.1, 0.15) is 17.3 Å². The number of rotatable bonds is 9. The number of aliphatic hydroxyl groups is 2. The van der Waals surface area contributed by atoms with Crippen molar-refractivity contribution in [3.05, 3.63) is 71.0 Å². The number of carbonyl (C=O) groups is 2. The van der Waals surface area contributed by atoms with Crippen LogP contribution in [0.5, 0.6) is 5.75 Å². The summed E-state index contributed by atoms with van der Waals surface area (Å²) in [5.41, 5.74) is 0.753. The summed E-state index contributed by atoms with van der Waals surface area (Å²) in [6.07, 6.45) is 0. The second-order valence-electron chi connectivity index (χ2n) is 6.84. The standard InChI is InChI=1S/C23H24FNO6/c1-2-31-18-9-5-16(6-10-18)21(27)19-20(15-3-7-17(24)8-4-15)25(23(29)22(19)28)11-13-30-14-12-26/h3-10,20,26-27H,2,11-14H2,1H3/b21-19+/t20-/m0/s1. The number of hydrogen-bond donors (Lipinski definition) is 2. The van der Waals surface area contributed by atoms with Gasteiger partial charge in [0.2, 0.25) is 0 Å². The molecule has 3 rings (SSSR count). The fourth-order valence-corrected chi connectivity index (χ4v) is 3.46. The van der Waals surface area contributed by atoms with E-state index in [0.29, 0.717) is 23.5 Å². The van der Waals surface area contributed by atoms with Crippen molar-refractivity contribution in [1.29, 1.82) is 0 Å². The highest BCUT2D eigenvalue weighted by Gasteiger charge is 2.45. The van der Waals surface area contributed by atoms with Crippen molar-refractivity contribution in [2.75, 3.05) is 33.0 Å². The molecule has 8 heteroatoms. The topological polar surface area (TPSA) is 96.3 Å². The predicted octanol–water partition coefficient (Wildman–Crippen LogP) is 2.66. The van der Waals surface area contributed by atoms with Gasteiger partial charge in [-0.2, -0.15) is 0 Å². The lowest BCUT2D eigenvalue weighted by Crippen LogP contribution is -2.33. The number of carbonyl (C=O) groups excluding carboxylic acids is 2. The lowest BCUT2D eigenvalue weighted by molar-refractivity contribution is -0.140. The minimum Gasteiger partial charge on any atom is -0.507 e. The maximum atomic E-state index is 13.5. The summed E-state index contributed by atoms with van der Waals surface area (Å²) in [5.74, 6) is -1.79. The molecule has 2 N–H and O–H groups in total. The Morgan fingerprint density at radius 2 is 1.74 bits per heavy atom. The molecule has 0 aliphatic carbocycles. The van der Waals surface area contributed by atoms with Crippen LogP contribution in [0.3, 0.4) is 0 Å². The van der Waals surface area contributed by atoms with Gasteiger partial charge in [-0.25, -0.2) is 4.39 Å². The van der Waals surface area contributed by atoms with E-state index in [0.717, 1.165) is 0 Å². The van der Waals surface area contributed by atoms with Crippen LogP contribution in [0, 0.1) is 5.82 Å². The van der Waals surface area contributed by atoms with Crippen LogP contribution in [-0.4, -0.2) is 59.8 Å². The first-order valence-corrected chi connectivity index (χ1v) is 9.93. The van der Waals surface area contributed by atoms with Crippen molar-refractivity contribution in [2.24, 2.45) is 0 Å². The smallest absolute Gasteiger partial charge is 0.295 e. The summed E-state index contributed by atoms with van der Waals surface area (Å²) in [4.78, 5) is 26.9. The molecule has 1 heterocycles. The van der Waals surface area contributed by atoms with Gasteiger partial charge in [0.25, 0.3) is 11.7 Å². The lowest BCUT2D eigenvalue weighted by atomic mass is 9.95.